The van der Waals surface area contributed by atoms with E-state index < -0.39 is 33.5 Å². The number of halogens is 3. The molecule has 0 spiro atoms. The zero-order valence-electron chi connectivity index (χ0n) is 18.1. The highest BCUT2D eigenvalue weighted by molar-refractivity contribution is 7.90. The van der Waals surface area contributed by atoms with Crippen LogP contribution in [0.4, 0.5) is 24.8 Å². The Balaban J connectivity index is 1.35. The van der Waals surface area contributed by atoms with Crippen LogP contribution in [0.25, 0.3) is 0 Å². The fourth-order valence-electron chi connectivity index (χ4n) is 4.13. The molecule has 1 atom stereocenters. The van der Waals surface area contributed by atoms with Crippen LogP contribution in [0.1, 0.15) is 32.1 Å². The van der Waals surface area contributed by atoms with Crippen molar-refractivity contribution in [3.63, 3.8) is 0 Å². The Morgan fingerprint density at radius 3 is 2.45 bits per heavy atom. The van der Waals surface area contributed by atoms with Gasteiger partial charge in [-0.15, -0.1) is 0 Å². The van der Waals surface area contributed by atoms with Crippen molar-refractivity contribution in [3.8, 4) is 0 Å². The quantitative estimate of drug-likeness (QED) is 0.662. The van der Waals surface area contributed by atoms with E-state index in [2.05, 4.69) is 20.0 Å². The van der Waals surface area contributed by atoms with Gasteiger partial charge in [0.15, 0.2) is 9.84 Å². The summed E-state index contributed by atoms with van der Waals surface area (Å²) in [5.74, 6) is -4.74. The van der Waals surface area contributed by atoms with Gasteiger partial charge in [0.2, 0.25) is 5.91 Å². The number of piperidine rings is 1. The molecule has 180 valence electrons. The van der Waals surface area contributed by atoms with Crippen molar-refractivity contribution in [2.45, 2.75) is 49.1 Å². The number of aromatic nitrogens is 2. The van der Waals surface area contributed by atoms with Crippen molar-refractivity contribution in [1.29, 1.82) is 0 Å². The smallest absolute Gasteiger partial charge is 0.322 e. The first-order chi connectivity index (χ1) is 15.4. The summed E-state index contributed by atoms with van der Waals surface area (Å²) in [6.07, 6.45) is 2.67. The molecular formula is C20H24F3N5O4S. The van der Waals surface area contributed by atoms with Crippen LogP contribution in [0.5, 0.6) is 0 Å². The van der Waals surface area contributed by atoms with Gasteiger partial charge in [-0.25, -0.2) is 12.8 Å². The lowest BCUT2D eigenvalue weighted by atomic mass is 10.0. The maximum atomic E-state index is 14.4. The highest BCUT2D eigenvalue weighted by atomic mass is 32.2. The van der Waals surface area contributed by atoms with Gasteiger partial charge in [0.1, 0.15) is 11.9 Å². The van der Waals surface area contributed by atoms with E-state index in [4.69, 9.17) is 0 Å². The minimum absolute atomic E-state index is 0.0444. The molecule has 1 unspecified atom stereocenters. The summed E-state index contributed by atoms with van der Waals surface area (Å²) in [7, 11) is -3.53. The number of alkyl halides is 2. The summed E-state index contributed by atoms with van der Waals surface area (Å²) in [4.78, 5) is 20.0. The van der Waals surface area contributed by atoms with Crippen molar-refractivity contribution in [2.75, 3.05) is 36.1 Å². The Morgan fingerprint density at radius 2 is 1.88 bits per heavy atom. The van der Waals surface area contributed by atoms with Crippen molar-refractivity contribution in [1.82, 2.24) is 15.0 Å². The number of amides is 1. The second-order valence-electron chi connectivity index (χ2n) is 8.44. The minimum Gasteiger partial charge on any atom is -0.371 e. The molecule has 1 amide bonds. The summed E-state index contributed by atoms with van der Waals surface area (Å²) in [5.41, 5.74) is 0.0676. The van der Waals surface area contributed by atoms with Crippen LogP contribution in [0.15, 0.2) is 27.6 Å². The average molecular weight is 488 g/mol. The van der Waals surface area contributed by atoms with E-state index in [1.807, 2.05) is 0 Å². The molecular weight excluding hydrogens is 463 g/mol. The molecule has 3 heterocycles. The van der Waals surface area contributed by atoms with Gasteiger partial charge in [-0.1, -0.05) is 0 Å². The molecule has 2 aliphatic heterocycles. The zero-order valence-corrected chi connectivity index (χ0v) is 18.9. The lowest BCUT2D eigenvalue weighted by Gasteiger charge is -2.36. The summed E-state index contributed by atoms with van der Waals surface area (Å²) in [5, 5.41) is 6.51. The molecule has 13 heteroatoms. The molecule has 9 nitrogen and oxygen atoms in total. The van der Waals surface area contributed by atoms with Crippen molar-refractivity contribution in [2.24, 2.45) is 0 Å². The van der Waals surface area contributed by atoms with Crippen molar-refractivity contribution in [3.05, 3.63) is 29.9 Å². The lowest BCUT2D eigenvalue weighted by molar-refractivity contribution is -0.130. The Kier molecular flexibility index (Phi) is 6.01. The first kappa shape index (κ1) is 23.3. The predicted molar refractivity (Wildman–Crippen MR) is 112 cm³/mol. The normalized spacial score (nSPS) is 20.5. The molecule has 4 rings (SSSR count). The number of anilines is 2. The SMILES string of the molecule is CC(F)(F)c1nc(N2CCC(N3CCC(Nc4ccc(S(C)(=O)=O)cc4F)C3=O)CC2)no1. The first-order valence-electron chi connectivity index (χ1n) is 10.5. The molecule has 1 aromatic carbocycles. The summed E-state index contributed by atoms with van der Waals surface area (Å²) < 4.78 is 68.8. The molecule has 2 aliphatic rings. The monoisotopic (exact) mass is 487 g/mol. The van der Waals surface area contributed by atoms with E-state index in [1.54, 1.807) is 9.80 Å². The van der Waals surface area contributed by atoms with Crippen molar-refractivity contribution < 1.29 is 30.9 Å². The van der Waals surface area contributed by atoms with Gasteiger partial charge >= 0.3 is 5.92 Å². The van der Waals surface area contributed by atoms with E-state index in [0.717, 1.165) is 12.3 Å². The Bertz CT molecular complexity index is 1140. The Hall–Kier alpha value is -2.83. The number of rotatable bonds is 6. The van der Waals surface area contributed by atoms with Gasteiger partial charge in [-0.2, -0.15) is 13.8 Å². The molecule has 0 radical (unpaired) electrons. The van der Waals surface area contributed by atoms with E-state index in [1.165, 1.54) is 12.1 Å². The number of carbonyl (C=O) groups excluding carboxylic acids is 1. The van der Waals surface area contributed by atoms with Crippen LogP contribution < -0.4 is 10.2 Å². The first-order valence-corrected chi connectivity index (χ1v) is 12.4. The Morgan fingerprint density at radius 1 is 1.18 bits per heavy atom. The van der Waals surface area contributed by atoms with Crippen LogP contribution in [0.3, 0.4) is 0 Å². The Labute approximate surface area is 188 Å². The molecule has 0 bridgehead atoms. The number of benzene rings is 1. The molecule has 2 fully saturated rings. The van der Waals surface area contributed by atoms with E-state index in [-0.39, 0.29) is 28.5 Å². The number of sulfone groups is 1. The third-order valence-corrected chi connectivity index (χ3v) is 7.03. The number of carbonyl (C=O) groups is 1. The maximum absolute atomic E-state index is 14.4. The van der Waals surface area contributed by atoms with Crippen LogP contribution in [-0.2, 0) is 20.6 Å². The van der Waals surface area contributed by atoms with Crippen LogP contribution in [-0.4, -0.2) is 67.3 Å². The summed E-state index contributed by atoms with van der Waals surface area (Å²) in [6.45, 7) is 2.13. The molecule has 1 N–H and O–H groups in total. The molecule has 2 aromatic rings. The van der Waals surface area contributed by atoms with Crippen LogP contribution in [0, 0.1) is 5.82 Å². The van der Waals surface area contributed by atoms with Crippen molar-refractivity contribution >= 4 is 27.4 Å². The third-order valence-electron chi connectivity index (χ3n) is 5.92. The average Bonchev–Trinajstić information content (AvgIpc) is 3.37. The van der Waals surface area contributed by atoms with E-state index in [9.17, 15) is 26.4 Å². The molecule has 33 heavy (non-hydrogen) atoms. The largest absolute Gasteiger partial charge is 0.371 e. The fraction of sp³-hybridized carbons (Fsp3) is 0.550. The lowest BCUT2D eigenvalue weighted by Crippen LogP contribution is -2.47. The standard InChI is InChI=1S/C20H24F3N5O4S/c1-20(22,23)18-25-19(26-32-18)27-8-5-12(6-9-27)28-10-7-16(17(28)29)24-15-4-3-13(11-14(15)21)33(2,30)31/h3-4,11-12,16,24H,5-10H2,1-2H3. The molecule has 0 saturated carbocycles. The number of nitrogens with one attached hydrogen (secondary N) is 1. The maximum Gasteiger partial charge on any atom is 0.322 e. The zero-order chi connectivity index (χ0) is 24.0. The third kappa shape index (κ3) is 4.92. The van der Waals surface area contributed by atoms with Gasteiger partial charge < -0.3 is 19.6 Å². The molecule has 2 saturated heterocycles. The van der Waals surface area contributed by atoms with Crippen LogP contribution in [0.2, 0.25) is 0 Å². The van der Waals surface area contributed by atoms with Crippen LogP contribution >= 0.6 is 0 Å². The van der Waals surface area contributed by atoms with Gasteiger partial charge in [-0.05, 0) is 42.6 Å². The highest BCUT2D eigenvalue weighted by Crippen LogP contribution is 2.30. The predicted octanol–water partition coefficient (Wildman–Crippen LogP) is 2.41. The van der Waals surface area contributed by atoms with Gasteiger partial charge in [0.25, 0.3) is 11.8 Å². The number of likely N-dealkylation sites (tertiary alicyclic amines) is 1. The second-order valence-corrected chi connectivity index (χ2v) is 10.5. The fourth-order valence-corrected chi connectivity index (χ4v) is 4.76. The molecule has 0 aliphatic carbocycles. The number of hydrogen-bond acceptors (Lipinski definition) is 8. The van der Waals surface area contributed by atoms with Gasteiger partial charge in [0.05, 0.1) is 10.6 Å². The van der Waals surface area contributed by atoms with E-state index >= 15 is 0 Å². The minimum atomic E-state index is -3.53. The number of hydrogen-bond donors (Lipinski definition) is 1. The van der Waals surface area contributed by atoms with E-state index in [0.29, 0.717) is 45.8 Å². The molecule has 1 aromatic heterocycles. The summed E-state index contributed by atoms with van der Waals surface area (Å²) >= 11 is 0. The summed E-state index contributed by atoms with van der Waals surface area (Å²) in [6, 6.07) is 2.89. The van der Waals surface area contributed by atoms with Gasteiger partial charge in [0, 0.05) is 38.9 Å². The topological polar surface area (TPSA) is 109 Å². The number of nitrogens with zero attached hydrogens (tertiary/aromatic N) is 4. The highest BCUT2D eigenvalue weighted by Gasteiger charge is 2.38. The second kappa shape index (κ2) is 8.50. The van der Waals surface area contributed by atoms with Gasteiger partial charge in [-0.3, -0.25) is 4.79 Å².